The van der Waals surface area contributed by atoms with E-state index in [0.717, 1.165) is 43.1 Å². The molecule has 2 aromatic heterocycles. The van der Waals surface area contributed by atoms with E-state index >= 15 is 0 Å². The van der Waals surface area contributed by atoms with Crippen LogP contribution in [0.4, 0.5) is 0 Å². The summed E-state index contributed by atoms with van der Waals surface area (Å²) in [7, 11) is 0. The van der Waals surface area contributed by atoms with Gasteiger partial charge in [-0.3, -0.25) is 9.78 Å². The summed E-state index contributed by atoms with van der Waals surface area (Å²) in [5.74, 6) is 2.73. The molecule has 0 spiro atoms. The Balaban J connectivity index is 1.60. The van der Waals surface area contributed by atoms with E-state index < -0.39 is 0 Å². The maximum Gasteiger partial charge on any atom is 0.257 e. The van der Waals surface area contributed by atoms with Gasteiger partial charge in [0.2, 0.25) is 0 Å². The number of amides is 1. The molecule has 1 aliphatic rings. The fraction of sp³-hybridized carbons (Fsp3) is 0.474. The molecular formula is C19H24N2O3. The van der Waals surface area contributed by atoms with Crippen molar-refractivity contribution in [2.75, 3.05) is 19.7 Å². The van der Waals surface area contributed by atoms with Crippen molar-refractivity contribution in [3.63, 3.8) is 0 Å². The van der Waals surface area contributed by atoms with Gasteiger partial charge in [-0.15, -0.1) is 0 Å². The number of hydrogen-bond donors (Lipinski definition) is 0. The highest BCUT2D eigenvalue weighted by Gasteiger charge is 2.27. The molecule has 1 aliphatic heterocycles. The lowest BCUT2D eigenvalue weighted by molar-refractivity contribution is 0.0631. The first-order valence-corrected chi connectivity index (χ1v) is 8.44. The number of ether oxygens (including phenoxy) is 1. The smallest absolute Gasteiger partial charge is 0.257 e. The molecule has 1 unspecified atom stereocenters. The lowest BCUT2D eigenvalue weighted by atomic mass is 9.98. The van der Waals surface area contributed by atoms with Crippen molar-refractivity contribution in [3.8, 4) is 5.75 Å². The number of nitrogens with zero attached hydrogens (tertiary/aromatic N) is 2. The predicted molar refractivity (Wildman–Crippen MR) is 91.3 cm³/mol. The van der Waals surface area contributed by atoms with Crippen molar-refractivity contribution in [1.82, 2.24) is 9.88 Å². The summed E-state index contributed by atoms with van der Waals surface area (Å²) < 4.78 is 11.4. The van der Waals surface area contributed by atoms with E-state index in [1.807, 2.05) is 43.9 Å². The second-order valence-corrected chi connectivity index (χ2v) is 6.53. The zero-order valence-electron chi connectivity index (χ0n) is 14.5. The van der Waals surface area contributed by atoms with Crippen molar-refractivity contribution in [2.24, 2.45) is 5.92 Å². The van der Waals surface area contributed by atoms with E-state index in [-0.39, 0.29) is 5.91 Å². The summed E-state index contributed by atoms with van der Waals surface area (Å²) in [4.78, 5) is 18.8. The fourth-order valence-corrected chi connectivity index (χ4v) is 3.22. The average molecular weight is 328 g/mol. The van der Waals surface area contributed by atoms with Crippen LogP contribution in [0.25, 0.3) is 0 Å². The number of piperidine rings is 1. The molecule has 1 saturated heterocycles. The maximum absolute atomic E-state index is 12.7. The third-order valence-electron chi connectivity index (χ3n) is 4.43. The molecule has 1 amide bonds. The molecule has 1 atom stereocenters. The number of carbonyl (C=O) groups is 1. The Kier molecular flexibility index (Phi) is 4.88. The lowest BCUT2D eigenvalue weighted by Crippen LogP contribution is -2.41. The van der Waals surface area contributed by atoms with Gasteiger partial charge in [-0.05, 0) is 45.7 Å². The summed E-state index contributed by atoms with van der Waals surface area (Å²) in [5.41, 5.74) is 1.62. The summed E-state index contributed by atoms with van der Waals surface area (Å²) in [6, 6.07) is 5.64. The molecule has 0 radical (unpaired) electrons. The van der Waals surface area contributed by atoms with Gasteiger partial charge in [-0.1, -0.05) is 0 Å². The zero-order valence-corrected chi connectivity index (χ0v) is 14.5. The van der Waals surface area contributed by atoms with Crippen LogP contribution in [0.15, 0.2) is 28.8 Å². The minimum absolute atomic E-state index is 0.0637. The van der Waals surface area contributed by atoms with Gasteiger partial charge in [0, 0.05) is 37.0 Å². The van der Waals surface area contributed by atoms with Gasteiger partial charge in [-0.2, -0.15) is 0 Å². The molecule has 2 aromatic rings. The first-order valence-electron chi connectivity index (χ1n) is 8.44. The third kappa shape index (κ3) is 3.78. The quantitative estimate of drug-likeness (QED) is 0.861. The van der Waals surface area contributed by atoms with Crippen LogP contribution in [-0.2, 0) is 0 Å². The number of carbonyl (C=O) groups excluding carboxylic acids is 1. The monoisotopic (exact) mass is 328 g/mol. The normalized spacial score (nSPS) is 17.8. The highest BCUT2D eigenvalue weighted by molar-refractivity contribution is 5.95. The molecular weight excluding hydrogens is 304 g/mol. The molecule has 5 heteroatoms. The largest absolute Gasteiger partial charge is 0.493 e. The van der Waals surface area contributed by atoms with Gasteiger partial charge in [0.25, 0.3) is 5.91 Å². The Morgan fingerprint density at radius 3 is 2.92 bits per heavy atom. The molecule has 3 heterocycles. The van der Waals surface area contributed by atoms with Crippen LogP contribution in [0.5, 0.6) is 5.75 Å². The Morgan fingerprint density at radius 1 is 1.38 bits per heavy atom. The second-order valence-electron chi connectivity index (χ2n) is 6.53. The van der Waals surface area contributed by atoms with Gasteiger partial charge in [0.15, 0.2) is 0 Å². The van der Waals surface area contributed by atoms with E-state index in [0.29, 0.717) is 23.8 Å². The molecule has 5 nitrogen and oxygen atoms in total. The SMILES string of the molecule is Cc1cc(OCC2CCCN(C(=O)c3cc(C)oc3C)C2)ccn1. The number of aryl methyl sites for hydroxylation is 3. The van der Waals surface area contributed by atoms with E-state index in [4.69, 9.17) is 9.15 Å². The Labute approximate surface area is 142 Å². The number of hydrogen-bond acceptors (Lipinski definition) is 4. The van der Waals surface area contributed by atoms with Crippen LogP contribution in [0.2, 0.25) is 0 Å². The van der Waals surface area contributed by atoms with Gasteiger partial charge >= 0.3 is 0 Å². The first kappa shape index (κ1) is 16.6. The van der Waals surface area contributed by atoms with Gasteiger partial charge in [0.05, 0.1) is 12.2 Å². The van der Waals surface area contributed by atoms with E-state index in [9.17, 15) is 4.79 Å². The topological polar surface area (TPSA) is 55.6 Å². The minimum atomic E-state index is 0.0637. The average Bonchev–Trinajstić information content (AvgIpc) is 2.91. The molecule has 0 N–H and O–H groups in total. The zero-order chi connectivity index (χ0) is 17.1. The van der Waals surface area contributed by atoms with Gasteiger partial charge < -0.3 is 14.1 Å². The lowest BCUT2D eigenvalue weighted by Gasteiger charge is -2.32. The van der Waals surface area contributed by atoms with Crippen LogP contribution < -0.4 is 4.74 Å². The molecule has 0 bridgehead atoms. The van der Waals surface area contributed by atoms with E-state index in [1.165, 1.54) is 0 Å². The summed E-state index contributed by atoms with van der Waals surface area (Å²) in [5, 5.41) is 0. The molecule has 0 aliphatic carbocycles. The van der Waals surface area contributed by atoms with Crippen LogP contribution in [-0.4, -0.2) is 35.5 Å². The van der Waals surface area contributed by atoms with Crippen LogP contribution in [0, 0.1) is 26.7 Å². The van der Waals surface area contributed by atoms with Gasteiger partial charge in [0.1, 0.15) is 17.3 Å². The Hall–Kier alpha value is -2.30. The molecule has 3 rings (SSSR count). The minimum Gasteiger partial charge on any atom is -0.493 e. The second kappa shape index (κ2) is 7.07. The van der Waals surface area contributed by atoms with Crippen molar-refractivity contribution < 1.29 is 13.9 Å². The highest BCUT2D eigenvalue weighted by atomic mass is 16.5. The van der Waals surface area contributed by atoms with Gasteiger partial charge in [-0.25, -0.2) is 0 Å². The van der Waals surface area contributed by atoms with Crippen molar-refractivity contribution in [2.45, 2.75) is 33.6 Å². The van der Waals surface area contributed by atoms with E-state index in [2.05, 4.69) is 4.98 Å². The standard InChI is InChI=1S/C19H24N2O3/c1-13-9-17(6-7-20-13)23-12-16-5-4-8-21(11-16)19(22)18-10-14(2)24-15(18)3/h6-7,9-10,16H,4-5,8,11-12H2,1-3H3. The Morgan fingerprint density at radius 2 is 2.21 bits per heavy atom. The maximum atomic E-state index is 12.7. The number of likely N-dealkylation sites (tertiary alicyclic amines) is 1. The van der Waals surface area contributed by atoms with Crippen molar-refractivity contribution in [1.29, 1.82) is 0 Å². The highest BCUT2D eigenvalue weighted by Crippen LogP contribution is 2.22. The number of furan rings is 1. The summed E-state index contributed by atoms with van der Waals surface area (Å²) >= 11 is 0. The third-order valence-corrected chi connectivity index (χ3v) is 4.43. The molecule has 1 fully saturated rings. The molecule has 128 valence electrons. The summed E-state index contributed by atoms with van der Waals surface area (Å²) in [6.45, 7) is 7.81. The molecule has 0 aromatic carbocycles. The van der Waals surface area contributed by atoms with Crippen molar-refractivity contribution >= 4 is 5.91 Å². The Bertz CT molecular complexity index is 723. The van der Waals surface area contributed by atoms with Crippen LogP contribution >= 0.6 is 0 Å². The number of aromatic nitrogens is 1. The number of rotatable bonds is 4. The fourth-order valence-electron chi connectivity index (χ4n) is 3.22. The van der Waals surface area contributed by atoms with Crippen LogP contribution in [0.3, 0.4) is 0 Å². The summed E-state index contributed by atoms with van der Waals surface area (Å²) in [6.07, 6.45) is 3.84. The van der Waals surface area contributed by atoms with Crippen LogP contribution in [0.1, 0.15) is 40.4 Å². The van der Waals surface area contributed by atoms with Crippen molar-refractivity contribution in [3.05, 3.63) is 47.2 Å². The first-order chi connectivity index (χ1) is 11.5. The predicted octanol–water partition coefficient (Wildman–Crippen LogP) is 3.53. The number of pyridine rings is 1. The molecule has 0 saturated carbocycles. The van der Waals surface area contributed by atoms with E-state index in [1.54, 1.807) is 6.20 Å². The molecule has 24 heavy (non-hydrogen) atoms.